The summed E-state index contributed by atoms with van der Waals surface area (Å²) in [6, 6.07) is 2.33. The normalized spacial score (nSPS) is 17.1. The second-order valence-corrected chi connectivity index (χ2v) is 4.63. The SMILES string of the molecule is CCNC(C1=CCCCC1)c1ccncc1OC. The summed E-state index contributed by atoms with van der Waals surface area (Å²) in [7, 11) is 1.71. The Balaban J connectivity index is 2.31. The third-order valence-electron chi connectivity index (χ3n) is 3.45. The van der Waals surface area contributed by atoms with Gasteiger partial charge in [-0.1, -0.05) is 18.6 Å². The molecule has 18 heavy (non-hydrogen) atoms. The van der Waals surface area contributed by atoms with Gasteiger partial charge in [-0.05, 0) is 38.3 Å². The number of hydrogen-bond acceptors (Lipinski definition) is 3. The van der Waals surface area contributed by atoms with Crippen molar-refractivity contribution in [3.63, 3.8) is 0 Å². The molecule has 1 atom stereocenters. The van der Waals surface area contributed by atoms with E-state index in [1.165, 1.54) is 36.8 Å². The van der Waals surface area contributed by atoms with E-state index in [0.717, 1.165) is 12.3 Å². The van der Waals surface area contributed by atoms with Crippen molar-refractivity contribution >= 4 is 0 Å². The molecule has 1 aliphatic rings. The van der Waals surface area contributed by atoms with E-state index in [1.807, 2.05) is 6.20 Å². The van der Waals surface area contributed by atoms with Crippen LogP contribution in [-0.2, 0) is 0 Å². The van der Waals surface area contributed by atoms with Gasteiger partial charge in [0.05, 0.1) is 19.3 Å². The van der Waals surface area contributed by atoms with Crippen LogP contribution < -0.4 is 10.1 Å². The van der Waals surface area contributed by atoms with Crippen LogP contribution in [0.2, 0.25) is 0 Å². The van der Waals surface area contributed by atoms with Gasteiger partial charge in [0.2, 0.25) is 0 Å². The maximum Gasteiger partial charge on any atom is 0.142 e. The number of aromatic nitrogens is 1. The first-order valence-electron chi connectivity index (χ1n) is 6.77. The van der Waals surface area contributed by atoms with E-state index < -0.39 is 0 Å². The van der Waals surface area contributed by atoms with E-state index in [0.29, 0.717) is 0 Å². The summed E-state index contributed by atoms with van der Waals surface area (Å²) in [6.45, 7) is 3.09. The Hall–Kier alpha value is -1.35. The van der Waals surface area contributed by atoms with Gasteiger partial charge in [-0.2, -0.15) is 0 Å². The Bertz CT molecular complexity index is 415. The van der Waals surface area contributed by atoms with Gasteiger partial charge in [0, 0.05) is 11.8 Å². The first-order chi connectivity index (χ1) is 8.86. The molecule has 3 heteroatoms. The van der Waals surface area contributed by atoms with Crippen LogP contribution in [0.3, 0.4) is 0 Å². The highest BCUT2D eigenvalue weighted by atomic mass is 16.5. The molecule has 0 amide bonds. The van der Waals surface area contributed by atoms with Crippen LogP contribution in [0.4, 0.5) is 0 Å². The number of pyridine rings is 1. The second kappa shape index (κ2) is 6.55. The molecule has 1 heterocycles. The molecule has 0 saturated carbocycles. The summed E-state index contributed by atoms with van der Waals surface area (Å²) in [4.78, 5) is 4.13. The molecule has 0 fully saturated rings. The zero-order chi connectivity index (χ0) is 12.8. The Kier molecular flexibility index (Phi) is 4.76. The molecule has 0 aliphatic heterocycles. The number of likely N-dealkylation sites (N-methyl/N-ethyl adjacent to an activating group) is 1. The molecular formula is C15H22N2O. The van der Waals surface area contributed by atoms with E-state index in [4.69, 9.17) is 4.74 Å². The molecule has 0 aromatic carbocycles. The topological polar surface area (TPSA) is 34.2 Å². The standard InChI is InChI=1S/C15H22N2O/c1-3-17-15(12-7-5-4-6-8-12)13-9-10-16-11-14(13)18-2/h7,9-11,15,17H,3-6,8H2,1-2H3. The van der Waals surface area contributed by atoms with Gasteiger partial charge in [-0.15, -0.1) is 0 Å². The highest BCUT2D eigenvalue weighted by molar-refractivity contribution is 5.38. The number of nitrogens with one attached hydrogen (secondary N) is 1. The van der Waals surface area contributed by atoms with Crippen LogP contribution in [0, 0.1) is 0 Å². The smallest absolute Gasteiger partial charge is 0.142 e. The monoisotopic (exact) mass is 246 g/mol. The van der Waals surface area contributed by atoms with Gasteiger partial charge in [0.25, 0.3) is 0 Å². The summed E-state index contributed by atoms with van der Waals surface area (Å²) >= 11 is 0. The maximum absolute atomic E-state index is 5.43. The van der Waals surface area contributed by atoms with E-state index in [2.05, 4.69) is 29.4 Å². The van der Waals surface area contributed by atoms with Crippen molar-refractivity contribution in [2.75, 3.05) is 13.7 Å². The number of ether oxygens (including phenoxy) is 1. The van der Waals surface area contributed by atoms with Gasteiger partial charge in [0.1, 0.15) is 5.75 Å². The van der Waals surface area contributed by atoms with E-state index >= 15 is 0 Å². The average molecular weight is 246 g/mol. The minimum Gasteiger partial charge on any atom is -0.495 e. The van der Waals surface area contributed by atoms with Gasteiger partial charge in [-0.3, -0.25) is 4.98 Å². The molecule has 0 radical (unpaired) electrons. The lowest BCUT2D eigenvalue weighted by molar-refractivity contribution is 0.400. The summed E-state index contributed by atoms with van der Waals surface area (Å²) in [6.07, 6.45) is 11.0. The van der Waals surface area contributed by atoms with Crippen LogP contribution in [0.25, 0.3) is 0 Å². The fourth-order valence-corrected chi connectivity index (χ4v) is 2.57. The molecule has 3 nitrogen and oxygen atoms in total. The number of hydrogen-bond donors (Lipinski definition) is 1. The van der Waals surface area contributed by atoms with E-state index in [-0.39, 0.29) is 6.04 Å². The largest absolute Gasteiger partial charge is 0.495 e. The Morgan fingerprint density at radius 3 is 3.00 bits per heavy atom. The number of methoxy groups -OCH3 is 1. The van der Waals surface area contributed by atoms with Crippen LogP contribution in [-0.4, -0.2) is 18.6 Å². The second-order valence-electron chi connectivity index (χ2n) is 4.63. The van der Waals surface area contributed by atoms with Crippen molar-refractivity contribution in [3.8, 4) is 5.75 Å². The van der Waals surface area contributed by atoms with Gasteiger partial charge in [-0.25, -0.2) is 0 Å². The molecule has 98 valence electrons. The average Bonchev–Trinajstić information content (AvgIpc) is 2.46. The van der Waals surface area contributed by atoms with Crippen molar-refractivity contribution in [1.29, 1.82) is 0 Å². The lowest BCUT2D eigenvalue weighted by Crippen LogP contribution is -2.24. The summed E-state index contributed by atoms with van der Waals surface area (Å²) in [5, 5.41) is 3.57. The number of nitrogens with zero attached hydrogens (tertiary/aromatic N) is 1. The molecule has 2 rings (SSSR count). The zero-order valence-corrected chi connectivity index (χ0v) is 11.3. The van der Waals surface area contributed by atoms with Gasteiger partial charge < -0.3 is 10.1 Å². The molecule has 1 aromatic heterocycles. The van der Waals surface area contributed by atoms with E-state index in [1.54, 1.807) is 13.3 Å². The van der Waals surface area contributed by atoms with Gasteiger partial charge >= 0.3 is 0 Å². The predicted octanol–water partition coefficient (Wildman–Crippen LogP) is 3.24. The third kappa shape index (κ3) is 2.91. The Morgan fingerprint density at radius 1 is 1.44 bits per heavy atom. The first kappa shape index (κ1) is 13.1. The quantitative estimate of drug-likeness (QED) is 0.810. The highest BCUT2D eigenvalue weighted by Crippen LogP contribution is 2.33. The fraction of sp³-hybridized carbons (Fsp3) is 0.533. The van der Waals surface area contributed by atoms with Crippen molar-refractivity contribution in [1.82, 2.24) is 10.3 Å². The van der Waals surface area contributed by atoms with Crippen molar-refractivity contribution in [2.24, 2.45) is 0 Å². The zero-order valence-electron chi connectivity index (χ0n) is 11.3. The highest BCUT2D eigenvalue weighted by Gasteiger charge is 2.20. The molecular weight excluding hydrogens is 224 g/mol. The predicted molar refractivity (Wildman–Crippen MR) is 73.8 cm³/mol. The third-order valence-corrected chi connectivity index (χ3v) is 3.45. The van der Waals surface area contributed by atoms with Crippen molar-refractivity contribution < 1.29 is 4.74 Å². The van der Waals surface area contributed by atoms with Crippen LogP contribution >= 0.6 is 0 Å². The lowest BCUT2D eigenvalue weighted by Gasteiger charge is -2.25. The van der Waals surface area contributed by atoms with Crippen molar-refractivity contribution in [2.45, 2.75) is 38.6 Å². The minimum absolute atomic E-state index is 0.272. The molecule has 0 spiro atoms. The maximum atomic E-state index is 5.43. The summed E-state index contributed by atoms with van der Waals surface area (Å²) in [5.41, 5.74) is 2.69. The Labute approximate surface area is 109 Å². The fourth-order valence-electron chi connectivity index (χ4n) is 2.57. The molecule has 0 saturated heterocycles. The molecule has 0 bridgehead atoms. The summed E-state index contributed by atoms with van der Waals surface area (Å²) < 4.78 is 5.43. The lowest BCUT2D eigenvalue weighted by atomic mass is 9.90. The van der Waals surface area contributed by atoms with Crippen molar-refractivity contribution in [3.05, 3.63) is 35.7 Å². The number of allylic oxidation sites excluding steroid dienone is 1. The van der Waals surface area contributed by atoms with Crippen LogP contribution in [0.15, 0.2) is 30.1 Å². The first-order valence-corrected chi connectivity index (χ1v) is 6.77. The van der Waals surface area contributed by atoms with Crippen LogP contribution in [0.1, 0.15) is 44.2 Å². The molecule has 1 aromatic rings. The van der Waals surface area contributed by atoms with Crippen LogP contribution in [0.5, 0.6) is 5.75 Å². The molecule has 1 N–H and O–H groups in total. The van der Waals surface area contributed by atoms with Gasteiger partial charge in [0.15, 0.2) is 0 Å². The minimum atomic E-state index is 0.272. The summed E-state index contributed by atoms with van der Waals surface area (Å²) in [5.74, 6) is 0.870. The molecule has 1 unspecified atom stereocenters. The Morgan fingerprint density at radius 2 is 2.33 bits per heavy atom. The number of rotatable bonds is 5. The molecule has 1 aliphatic carbocycles. The van der Waals surface area contributed by atoms with E-state index in [9.17, 15) is 0 Å².